The Morgan fingerprint density at radius 2 is 2.05 bits per heavy atom. The van der Waals surface area contributed by atoms with Crippen molar-refractivity contribution in [1.82, 2.24) is 29.8 Å². The van der Waals surface area contributed by atoms with Crippen LogP contribution in [0.5, 0.6) is 0 Å². The second-order valence-electron chi connectivity index (χ2n) is 11.6. The van der Waals surface area contributed by atoms with E-state index in [0.29, 0.717) is 18.8 Å². The standard InChI is InChI=1S/C31H41N7O2/c1-4-5-13-26-20-37(28-22(2)10-7-6-8-14-27(28)23(3)39)30(40)38(26)21-31(15-17-32-18-16-31)25-12-9-11-24(19-25)29-33-35-36-34-29/h9,11-12,15,17-20,22,27-28H,4-8,10,13-14,16,21H2,1-3H3,(H,33,34,35,36). The van der Waals surface area contributed by atoms with Crippen molar-refractivity contribution in [2.24, 2.45) is 16.8 Å². The van der Waals surface area contributed by atoms with Crippen molar-refractivity contribution in [3.8, 4) is 11.4 Å². The minimum absolute atomic E-state index is 0.0145. The van der Waals surface area contributed by atoms with Gasteiger partial charge in [-0.3, -0.25) is 18.9 Å². The lowest BCUT2D eigenvalue weighted by molar-refractivity contribution is -0.123. The van der Waals surface area contributed by atoms with Gasteiger partial charge in [0, 0.05) is 47.7 Å². The molecule has 212 valence electrons. The molecule has 1 N–H and O–H groups in total. The Labute approximate surface area is 235 Å². The zero-order valence-corrected chi connectivity index (χ0v) is 23.9. The van der Waals surface area contributed by atoms with Crippen molar-refractivity contribution >= 4 is 12.0 Å². The Morgan fingerprint density at radius 1 is 1.20 bits per heavy atom. The van der Waals surface area contributed by atoms with E-state index >= 15 is 0 Å². The van der Waals surface area contributed by atoms with Crippen molar-refractivity contribution in [2.75, 3.05) is 0 Å². The molecule has 1 aliphatic carbocycles. The molecule has 1 aromatic carbocycles. The molecule has 3 aromatic rings. The van der Waals surface area contributed by atoms with E-state index in [9.17, 15) is 9.59 Å². The summed E-state index contributed by atoms with van der Waals surface area (Å²) in [6, 6.07) is 8.04. The fraction of sp³-hybridized carbons (Fsp3) is 0.548. The number of aromatic nitrogens is 6. The number of benzene rings is 1. The van der Waals surface area contributed by atoms with Crippen LogP contribution in [0, 0.1) is 11.8 Å². The number of allylic oxidation sites excluding steroid dienone is 1. The second kappa shape index (κ2) is 12.3. The van der Waals surface area contributed by atoms with Gasteiger partial charge in [-0.25, -0.2) is 4.79 Å². The van der Waals surface area contributed by atoms with Crippen LogP contribution in [0.2, 0.25) is 0 Å². The van der Waals surface area contributed by atoms with Crippen LogP contribution in [0.15, 0.2) is 52.5 Å². The first-order chi connectivity index (χ1) is 19.4. The SMILES string of the molecule is CCCCc1cn(C2C(C)CCCCCC2C(C)=O)c(=O)n1CC1(c2cccc(-c3nn[nH]n3)c2)C=CN=CC1. The van der Waals surface area contributed by atoms with Crippen molar-refractivity contribution in [3.63, 3.8) is 0 Å². The summed E-state index contributed by atoms with van der Waals surface area (Å²) in [5, 5.41) is 14.6. The number of nitrogens with one attached hydrogen (secondary N) is 1. The Kier molecular flexibility index (Phi) is 8.57. The van der Waals surface area contributed by atoms with Gasteiger partial charge in [-0.15, -0.1) is 10.2 Å². The first kappa shape index (κ1) is 27.9. The van der Waals surface area contributed by atoms with Gasteiger partial charge in [0.25, 0.3) is 0 Å². The average molecular weight is 544 g/mol. The van der Waals surface area contributed by atoms with Gasteiger partial charge in [0.1, 0.15) is 5.78 Å². The Balaban J connectivity index is 1.60. The summed E-state index contributed by atoms with van der Waals surface area (Å²) in [4.78, 5) is 31.6. The van der Waals surface area contributed by atoms with Crippen molar-refractivity contribution in [1.29, 1.82) is 0 Å². The molecule has 9 heteroatoms. The maximum absolute atomic E-state index is 14.4. The molecule has 0 spiro atoms. The van der Waals surface area contributed by atoms with Crippen LogP contribution in [-0.4, -0.2) is 41.8 Å². The van der Waals surface area contributed by atoms with E-state index in [4.69, 9.17) is 0 Å². The predicted octanol–water partition coefficient (Wildman–Crippen LogP) is 5.45. The molecule has 3 heterocycles. The van der Waals surface area contributed by atoms with Crippen molar-refractivity contribution < 1.29 is 4.79 Å². The van der Waals surface area contributed by atoms with E-state index < -0.39 is 5.41 Å². The molecule has 0 bridgehead atoms. The quantitative estimate of drug-likeness (QED) is 0.386. The molecule has 1 saturated carbocycles. The molecule has 1 aliphatic heterocycles. The Hall–Kier alpha value is -3.62. The fourth-order valence-corrected chi connectivity index (χ4v) is 6.63. The van der Waals surface area contributed by atoms with Gasteiger partial charge in [0.2, 0.25) is 5.82 Å². The highest BCUT2D eigenvalue weighted by atomic mass is 16.2. The van der Waals surface area contributed by atoms with Gasteiger partial charge in [-0.1, -0.05) is 63.8 Å². The Morgan fingerprint density at radius 3 is 2.77 bits per heavy atom. The van der Waals surface area contributed by atoms with Crippen LogP contribution in [0.3, 0.4) is 0 Å². The molecular weight excluding hydrogens is 502 g/mol. The number of hydrogen-bond acceptors (Lipinski definition) is 6. The highest BCUT2D eigenvalue weighted by molar-refractivity contribution is 5.78. The topological polar surface area (TPSA) is 111 Å². The number of H-pyrrole nitrogens is 1. The molecule has 2 aliphatic rings. The lowest BCUT2D eigenvalue weighted by Gasteiger charge is -2.34. The number of hydrogen-bond donors (Lipinski definition) is 1. The molecule has 9 nitrogen and oxygen atoms in total. The number of rotatable bonds is 9. The highest BCUT2D eigenvalue weighted by Crippen LogP contribution is 2.38. The van der Waals surface area contributed by atoms with Crippen LogP contribution < -0.4 is 5.69 Å². The number of tetrazole rings is 1. The number of aliphatic imine (C=N–C) groups is 1. The predicted molar refractivity (Wildman–Crippen MR) is 156 cm³/mol. The minimum Gasteiger partial charge on any atom is -0.300 e. The van der Waals surface area contributed by atoms with E-state index in [1.807, 2.05) is 33.7 Å². The molecule has 0 amide bonds. The number of carbonyl (C=O) groups is 1. The third kappa shape index (κ3) is 5.64. The van der Waals surface area contributed by atoms with Crippen LogP contribution in [0.4, 0.5) is 0 Å². The van der Waals surface area contributed by atoms with E-state index in [1.165, 1.54) is 0 Å². The number of aryl methyl sites for hydroxylation is 1. The van der Waals surface area contributed by atoms with E-state index in [0.717, 1.165) is 68.2 Å². The summed E-state index contributed by atoms with van der Waals surface area (Å²) < 4.78 is 3.90. The number of imidazole rings is 1. The summed E-state index contributed by atoms with van der Waals surface area (Å²) in [7, 11) is 0. The minimum atomic E-state index is -0.467. The molecule has 4 unspecified atom stereocenters. The van der Waals surface area contributed by atoms with E-state index in [1.54, 1.807) is 6.92 Å². The smallest absolute Gasteiger partial charge is 0.300 e. The fourth-order valence-electron chi connectivity index (χ4n) is 6.63. The number of nitrogens with zero attached hydrogens (tertiary/aromatic N) is 6. The zero-order chi connectivity index (χ0) is 28.1. The molecule has 0 saturated heterocycles. The number of unbranched alkanes of at least 4 members (excludes halogenated alkanes) is 1. The summed E-state index contributed by atoms with van der Waals surface area (Å²) in [6.45, 7) is 6.58. The normalized spacial score (nSPS) is 25.0. The van der Waals surface area contributed by atoms with Gasteiger partial charge in [0.15, 0.2) is 0 Å². The maximum atomic E-state index is 14.4. The number of Topliss-reactive ketones (excluding diaryl/α,β-unsaturated/α-hetero) is 1. The second-order valence-corrected chi connectivity index (χ2v) is 11.6. The van der Waals surface area contributed by atoms with Crippen LogP contribution in [0.25, 0.3) is 11.4 Å². The van der Waals surface area contributed by atoms with Crippen molar-refractivity contribution in [2.45, 2.75) is 96.6 Å². The Bertz CT molecular complexity index is 1420. The number of ketones is 1. The van der Waals surface area contributed by atoms with Gasteiger partial charge >= 0.3 is 5.69 Å². The number of carbonyl (C=O) groups excluding carboxylic acids is 1. The summed E-state index contributed by atoms with van der Waals surface area (Å²) >= 11 is 0. The van der Waals surface area contributed by atoms with Gasteiger partial charge in [-0.05, 0) is 61.8 Å². The largest absolute Gasteiger partial charge is 0.328 e. The van der Waals surface area contributed by atoms with Gasteiger partial charge in [-0.2, -0.15) is 5.21 Å². The van der Waals surface area contributed by atoms with Gasteiger partial charge in [0.05, 0.1) is 6.04 Å². The molecule has 0 radical (unpaired) electrons. The molecule has 2 aromatic heterocycles. The molecule has 40 heavy (non-hydrogen) atoms. The van der Waals surface area contributed by atoms with E-state index in [-0.39, 0.29) is 29.4 Å². The monoisotopic (exact) mass is 543 g/mol. The summed E-state index contributed by atoms with van der Waals surface area (Å²) in [5.41, 5.74) is 2.49. The van der Waals surface area contributed by atoms with Gasteiger partial charge < -0.3 is 0 Å². The molecule has 1 fully saturated rings. The average Bonchev–Trinajstić information content (AvgIpc) is 3.59. The summed E-state index contributed by atoms with van der Waals surface area (Å²) in [6.07, 6.45) is 16.7. The first-order valence-electron chi connectivity index (χ1n) is 14.8. The van der Waals surface area contributed by atoms with Crippen LogP contribution in [-0.2, 0) is 23.2 Å². The zero-order valence-electron chi connectivity index (χ0n) is 23.9. The maximum Gasteiger partial charge on any atom is 0.328 e. The first-order valence-corrected chi connectivity index (χ1v) is 14.8. The molecule has 5 rings (SSSR count). The van der Waals surface area contributed by atoms with Crippen LogP contribution in [0.1, 0.15) is 89.4 Å². The lowest BCUT2D eigenvalue weighted by atomic mass is 9.76. The molecule has 4 atom stereocenters. The van der Waals surface area contributed by atoms with Crippen molar-refractivity contribution in [3.05, 3.63) is 64.5 Å². The lowest BCUT2D eigenvalue weighted by Crippen LogP contribution is -2.40. The highest BCUT2D eigenvalue weighted by Gasteiger charge is 2.37. The number of aromatic amines is 1. The molecular formula is C31H41N7O2. The third-order valence-electron chi connectivity index (χ3n) is 8.91. The van der Waals surface area contributed by atoms with E-state index in [2.05, 4.69) is 63.9 Å². The third-order valence-corrected chi connectivity index (χ3v) is 8.91. The summed E-state index contributed by atoms with van der Waals surface area (Å²) in [5.74, 6) is 0.843. The van der Waals surface area contributed by atoms with Crippen LogP contribution >= 0.6 is 0 Å².